The number of likely N-dealkylation sites (tertiary alicyclic amines) is 1. The fourth-order valence-corrected chi connectivity index (χ4v) is 2.46. The van der Waals surface area contributed by atoms with Gasteiger partial charge in [-0.25, -0.2) is 0 Å². The van der Waals surface area contributed by atoms with Gasteiger partial charge in [-0.2, -0.15) is 0 Å². The van der Waals surface area contributed by atoms with Gasteiger partial charge in [0.15, 0.2) is 0 Å². The molecule has 1 aliphatic rings. The summed E-state index contributed by atoms with van der Waals surface area (Å²) in [5.74, 6) is 0.0826. The van der Waals surface area contributed by atoms with Crippen LogP contribution in [0.2, 0.25) is 5.02 Å². The van der Waals surface area contributed by atoms with Gasteiger partial charge in [0.05, 0.1) is 25.4 Å². The molecule has 2 unspecified atom stereocenters. The van der Waals surface area contributed by atoms with Gasteiger partial charge in [0, 0.05) is 25.2 Å². The predicted octanol–water partition coefficient (Wildman–Crippen LogP) is 1.04. The van der Waals surface area contributed by atoms with E-state index in [1.807, 2.05) is 18.2 Å². The SMILES string of the molecule is CN1CCC(NCC(O)COCc2ccccc2Cl)C1=O. The summed E-state index contributed by atoms with van der Waals surface area (Å²) in [6.07, 6.45) is 0.133. The van der Waals surface area contributed by atoms with Gasteiger partial charge in [0.2, 0.25) is 5.91 Å². The Bertz CT molecular complexity index is 484. The third-order valence-electron chi connectivity index (χ3n) is 3.55. The van der Waals surface area contributed by atoms with Gasteiger partial charge in [-0.05, 0) is 18.1 Å². The Hall–Kier alpha value is -1.14. The van der Waals surface area contributed by atoms with E-state index in [4.69, 9.17) is 16.3 Å². The van der Waals surface area contributed by atoms with Crippen LogP contribution in [0.3, 0.4) is 0 Å². The average molecular weight is 313 g/mol. The van der Waals surface area contributed by atoms with Gasteiger partial charge >= 0.3 is 0 Å². The van der Waals surface area contributed by atoms with Gasteiger partial charge in [-0.15, -0.1) is 0 Å². The zero-order chi connectivity index (χ0) is 15.2. The minimum absolute atomic E-state index is 0.0826. The second-order valence-corrected chi connectivity index (χ2v) is 5.68. The van der Waals surface area contributed by atoms with E-state index in [-0.39, 0.29) is 18.6 Å². The van der Waals surface area contributed by atoms with E-state index in [1.54, 1.807) is 18.0 Å². The number of rotatable bonds is 7. The molecule has 116 valence electrons. The first-order valence-corrected chi connectivity index (χ1v) is 7.43. The molecule has 0 saturated carbocycles. The molecule has 0 aliphatic carbocycles. The molecule has 21 heavy (non-hydrogen) atoms. The zero-order valence-corrected chi connectivity index (χ0v) is 12.8. The normalized spacial score (nSPS) is 20.0. The summed E-state index contributed by atoms with van der Waals surface area (Å²) in [5.41, 5.74) is 0.895. The molecule has 1 aromatic carbocycles. The van der Waals surface area contributed by atoms with E-state index >= 15 is 0 Å². The smallest absolute Gasteiger partial charge is 0.239 e. The molecule has 0 spiro atoms. The zero-order valence-electron chi connectivity index (χ0n) is 12.1. The summed E-state index contributed by atoms with van der Waals surface area (Å²) < 4.78 is 5.46. The Kier molecular flexibility index (Phi) is 5.99. The highest BCUT2D eigenvalue weighted by molar-refractivity contribution is 6.31. The van der Waals surface area contributed by atoms with Crippen LogP contribution in [0.1, 0.15) is 12.0 Å². The number of nitrogens with one attached hydrogen (secondary N) is 1. The van der Waals surface area contributed by atoms with Crippen LogP contribution in [0, 0.1) is 0 Å². The third kappa shape index (κ3) is 4.68. The molecule has 1 heterocycles. The lowest BCUT2D eigenvalue weighted by Crippen LogP contribution is -2.41. The van der Waals surface area contributed by atoms with Crippen LogP contribution >= 0.6 is 11.6 Å². The summed E-state index contributed by atoms with van der Waals surface area (Å²) in [5, 5.41) is 13.6. The lowest BCUT2D eigenvalue weighted by atomic mass is 10.2. The summed E-state index contributed by atoms with van der Waals surface area (Å²) in [6.45, 7) is 1.67. The summed E-state index contributed by atoms with van der Waals surface area (Å²) in [6, 6.07) is 7.26. The van der Waals surface area contributed by atoms with Crippen molar-refractivity contribution in [2.24, 2.45) is 0 Å². The number of hydrogen-bond acceptors (Lipinski definition) is 4. The minimum Gasteiger partial charge on any atom is -0.389 e. The van der Waals surface area contributed by atoms with Crippen molar-refractivity contribution >= 4 is 17.5 Å². The van der Waals surface area contributed by atoms with Crippen molar-refractivity contribution in [1.29, 1.82) is 0 Å². The van der Waals surface area contributed by atoms with Crippen LogP contribution in [-0.2, 0) is 16.1 Å². The lowest BCUT2D eigenvalue weighted by Gasteiger charge is -2.16. The van der Waals surface area contributed by atoms with Crippen molar-refractivity contribution in [2.45, 2.75) is 25.2 Å². The number of aliphatic hydroxyl groups is 1. The van der Waals surface area contributed by atoms with Gasteiger partial charge in [-0.3, -0.25) is 4.79 Å². The maximum atomic E-state index is 11.7. The fraction of sp³-hybridized carbons (Fsp3) is 0.533. The second-order valence-electron chi connectivity index (χ2n) is 5.27. The van der Waals surface area contributed by atoms with Crippen molar-refractivity contribution in [1.82, 2.24) is 10.2 Å². The van der Waals surface area contributed by atoms with E-state index in [0.29, 0.717) is 18.2 Å². The Morgan fingerprint density at radius 2 is 2.29 bits per heavy atom. The number of benzene rings is 1. The standard InChI is InChI=1S/C15H21ClN2O3/c1-18-7-6-14(15(18)20)17-8-12(19)10-21-9-11-4-2-3-5-13(11)16/h2-5,12,14,17,19H,6-10H2,1H3. The largest absolute Gasteiger partial charge is 0.389 e. The van der Waals surface area contributed by atoms with Crippen molar-refractivity contribution in [2.75, 3.05) is 26.7 Å². The monoisotopic (exact) mass is 312 g/mol. The number of hydrogen-bond donors (Lipinski definition) is 2. The topological polar surface area (TPSA) is 61.8 Å². The number of amides is 1. The first-order chi connectivity index (χ1) is 10.1. The second kappa shape index (κ2) is 7.75. The van der Waals surface area contributed by atoms with E-state index in [2.05, 4.69) is 5.32 Å². The highest BCUT2D eigenvalue weighted by atomic mass is 35.5. The third-order valence-corrected chi connectivity index (χ3v) is 3.92. The number of aliphatic hydroxyl groups excluding tert-OH is 1. The Morgan fingerprint density at radius 1 is 1.52 bits per heavy atom. The van der Waals surface area contributed by atoms with E-state index in [0.717, 1.165) is 18.5 Å². The van der Waals surface area contributed by atoms with Crippen molar-refractivity contribution < 1.29 is 14.6 Å². The summed E-state index contributed by atoms with van der Waals surface area (Å²) in [4.78, 5) is 13.4. The highest BCUT2D eigenvalue weighted by Crippen LogP contribution is 2.15. The Labute approximate surface area is 129 Å². The summed E-state index contributed by atoms with van der Waals surface area (Å²) >= 11 is 6.02. The first kappa shape index (κ1) is 16.2. The van der Waals surface area contributed by atoms with Crippen LogP contribution in [0.5, 0.6) is 0 Å². The molecule has 2 rings (SSSR count). The molecule has 1 aliphatic heterocycles. The first-order valence-electron chi connectivity index (χ1n) is 7.05. The van der Waals surface area contributed by atoms with Gasteiger partial charge in [0.1, 0.15) is 0 Å². The molecule has 1 amide bonds. The lowest BCUT2D eigenvalue weighted by molar-refractivity contribution is -0.128. The number of ether oxygens (including phenoxy) is 1. The quantitative estimate of drug-likeness (QED) is 0.790. The summed E-state index contributed by atoms with van der Waals surface area (Å²) in [7, 11) is 1.78. The molecule has 6 heteroatoms. The van der Waals surface area contributed by atoms with E-state index in [1.165, 1.54) is 0 Å². The molecule has 2 atom stereocenters. The van der Waals surface area contributed by atoms with Crippen LogP contribution in [0.15, 0.2) is 24.3 Å². The molecular weight excluding hydrogens is 292 g/mol. The van der Waals surface area contributed by atoms with Crippen LogP contribution < -0.4 is 5.32 Å². The Balaban J connectivity index is 1.65. The highest BCUT2D eigenvalue weighted by Gasteiger charge is 2.28. The number of nitrogens with zero attached hydrogens (tertiary/aromatic N) is 1. The molecule has 0 aromatic heterocycles. The van der Waals surface area contributed by atoms with Gasteiger partial charge in [0.25, 0.3) is 0 Å². The van der Waals surface area contributed by atoms with Gasteiger partial charge < -0.3 is 20.1 Å². The van der Waals surface area contributed by atoms with E-state index in [9.17, 15) is 9.90 Å². The van der Waals surface area contributed by atoms with Crippen LogP contribution in [0.4, 0.5) is 0 Å². The van der Waals surface area contributed by atoms with E-state index < -0.39 is 6.10 Å². The van der Waals surface area contributed by atoms with Crippen LogP contribution in [0.25, 0.3) is 0 Å². The predicted molar refractivity (Wildman–Crippen MR) is 81.2 cm³/mol. The molecule has 0 bridgehead atoms. The molecule has 2 N–H and O–H groups in total. The van der Waals surface area contributed by atoms with Crippen molar-refractivity contribution in [3.05, 3.63) is 34.9 Å². The number of carbonyl (C=O) groups is 1. The maximum absolute atomic E-state index is 11.7. The molecule has 5 nitrogen and oxygen atoms in total. The molecular formula is C15H21ClN2O3. The molecule has 0 radical (unpaired) electrons. The van der Waals surface area contributed by atoms with Crippen molar-refractivity contribution in [3.8, 4) is 0 Å². The number of halogens is 1. The molecule has 1 fully saturated rings. The number of likely N-dealkylation sites (N-methyl/N-ethyl adjacent to an activating group) is 1. The molecule has 1 saturated heterocycles. The van der Waals surface area contributed by atoms with Gasteiger partial charge in [-0.1, -0.05) is 29.8 Å². The minimum atomic E-state index is -0.647. The molecule has 1 aromatic rings. The fourth-order valence-electron chi connectivity index (χ4n) is 2.27. The van der Waals surface area contributed by atoms with Crippen LogP contribution in [-0.4, -0.2) is 54.8 Å². The Morgan fingerprint density at radius 3 is 2.95 bits per heavy atom. The maximum Gasteiger partial charge on any atom is 0.239 e. The number of carbonyl (C=O) groups excluding carboxylic acids is 1. The average Bonchev–Trinajstić information content (AvgIpc) is 2.79. The van der Waals surface area contributed by atoms with Crippen molar-refractivity contribution in [3.63, 3.8) is 0 Å².